The van der Waals surface area contributed by atoms with Crippen LogP contribution in [0, 0.1) is 6.92 Å². The zero-order valence-corrected chi connectivity index (χ0v) is 17.7. The van der Waals surface area contributed by atoms with E-state index in [1.54, 1.807) is 0 Å². The van der Waals surface area contributed by atoms with Crippen LogP contribution in [-0.4, -0.2) is 26.4 Å². The van der Waals surface area contributed by atoms with Crippen LogP contribution >= 0.6 is 11.8 Å². The maximum absolute atomic E-state index is 12.6. The van der Waals surface area contributed by atoms with E-state index in [-0.39, 0.29) is 11.7 Å². The molecule has 0 saturated heterocycles. The summed E-state index contributed by atoms with van der Waals surface area (Å²) in [6, 6.07) is 25.9. The van der Waals surface area contributed by atoms with Gasteiger partial charge in [0, 0.05) is 23.9 Å². The lowest BCUT2D eigenvalue weighted by atomic mass is 10.0. The summed E-state index contributed by atoms with van der Waals surface area (Å²) in [6.07, 6.45) is 0. The van der Waals surface area contributed by atoms with Crippen LogP contribution < -0.4 is 5.32 Å². The topological polar surface area (TPSA) is 59.8 Å². The Balaban J connectivity index is 1.45. The molecule has 0 atom stereocenters. The van der Waals surface area contributed by atoms with E-state index in [0.717, 1.165) is 33.8 Å². The molecule has 3 aromatic carbocycles. The van der Waals surface area contributed by atoms with Gasteiger partial charge < -0.3 is 9.88 Å². The van der Waals surface area contributed by atoms with Crippen molar-refractivity contribution < 1.29 is 4.79 Å². The van der Waals surface area contributed by atoms with Crippen molar-refractivity contribution in [2.24, 2.45) is 7.05 Å². The minimum Gasteiger partial charge on any atom is -0.325 e. The lowest BCUT2D eigenvalue weighted by molar-refractivity contribution is -0.113. The number of hydrogen-bond donors (Lipinski definition) is 1. The van der Waals surface area contributed by atoms with Gasteiger partial charge in [-0.05, 0) is 24.1 Å². The van der Waals surface area contributed by atoms with E-state index in [2.05, 4.69) is 28.5 Å². The molecule has 0 aliphatic carbocycles. The first-order valence-corrected chi connectivity index (χ1v) is 10.6. The second-order valence-electron chi connectivity index (χ2n) is 6.93. The van der Waals surface area contributed by atoms with Gasteiger partial charge in [0.05, 0.1) is 5.75 Å². The van der Waals surface area contributed by atoms with Crippen LogP contribution in [0.15, 0.2) is 84.0 Å². The average Bonchev–Trinajstić information content (AvgIpc) is 3.14. The Morgan fingerprint density at radius 2 is 1.57 bits per heavy atom. The van der Waals surface area contributed by atoms with Gasteiger partial charge in [0.2, 0.25) is 5.91 Å². The number of thioether (sulfide) groups is 1. The predicted molar refractivity (Wildman–Crippen MR) is 122 cm³/mol. The zero-order valence-electron chi connectivity index (χ0n) is 16.9. The van der Waals surface area contributed by atoms with Crippen molar-refractivity contribution in [2.45, 2.75) is 12.1 Å². The van der Waals surface area contributed by atoms with Crippen LogP contribution in [-0.2, 0) is 11.8 Å². The molecule has 0 unspecified atom stereocenters. The Bertz CT molecular complexity index is 1170. The molecule has 0 bridgehead atoms. The van der Waals surface area contributed by atoms with Gasteiger partial charge in [-0.1, -0.05) is 84.6 Å². The quantitative estimate of drug-likeness (QED) is 0.441. The summed E-state index contributed by atoms with van der Waals surface area (Å²) >= 11 is 1.37. The number of nitrogens with zero attached hydrogens (tertiary/aromatic N) is 3. The summed E-state index contributed by atoms with van der Waals surface area (Å²) in [5.74, 6) is 0.970. The average molecular weight is 415 g/mol. The van der Waals surface area contributed by atoms with Crippen molar-refractivity contribution in [3.63, 3.8) is 0 Å². The van der Waals surface area contributed by atoms with E-state index in [9.17, 15) is 4.79 Å². The predicted octanol–water partition coefficient (Wildman–Crippen LogP) is 5.19. The molecule has 0 aliphatic heterocycles. The lowest BCUT2D eigenvalue weighted by Crippen LogP contribution is -2.15. The first-order chi connectivity index (χ1) is 14.6. The zero-order chi connectivity index (χ0) is 20.9. The van der Waals surface area contributed by atoms with Crippen LogP contribution in [0.25, 0.3) is 22.5 Å². The van der Waals surface area contributed by atoms with Crippen molar-refractivity contribution in [2.75, 3.05) is 11.1 Å². The second-order valence-corrected chi connectivity index (χ2v) is 7.87. The highest BCUT2D eigenvalue weighted by Crippen LogP contribution is 2.28. The van der Waals surface area contributed by atoms with Gasteiger partial charge in [-0.3, -0.25) is 4.79 Å². The maximum atomic E-state index is 12.6. The van der Waals surface area contributed by atoms with Crippen LogP contribution in [0.4, 0.5) is 5.69 Å². The van der Waals surface area contributed by atoms with Gasteiger partial charge in [0.25, 0.3) is 0 Å². The molecule has 0 aliphatic rings. The third-order valence-corrected chi connectivity index (χ3v) is 5.86. The molecule has 0 radical (unpaired) electrons. The molecule has 0 spiro atoms. The summed E-state index contributed by atoms with van der Waals surface area (Å²) < 4.78 is 1.93. The lowest BCUT2D eigenvalue weighted by Gasteiger charge is -2.11. The highest BCUT2D eigenvalue weighted by Gasteiger charge is 2.15. The Morgan fingerprint density at radius 1 is 0.900 bits per heavy atom. The molecule has 30 heavy (non-hydrogen) atoms. The fraction of sp³-hybridized carbons (Fsp3) is 0.125. The number of aromatic nitrogens is 3. The molecule has 4 aromatic rings. The Kier molecular flexibility index (Phi) is 5.95. The van der Waals surface area contributed by atoms with Crippen molar-refractivity contribution in [1.29, 1.82) is 0 Å². The molecular weight excluding hydrogens is 392 g/mol. The number of benzene rings is 3. The summed E-state index contributed by atoms with van der Waals surface area (Å²) in [4.78, 5) is 12.6. The largest absolute Gasteiger partial charge is 0.325 e. The highest BCUT2D eigenvalue weighted by molar-refractivity contribution is 7.99. The fourth-order valence-electron chi connectivity index (χ4n) is 3.28. The van der Waals surface area contributed by atoms with Gasteiger partial charge >= 0.3 is 0 Å². The number of hydrogen-bond acceptors (Lipinski definition) is 4. The highest BCUT2D eigenvalue weighted by atomic mass is 32.2. The third kappa shape index (κ3) is 4.28. The molecule has 150 valence electrons. The molecule has 0 fully saturated rings. The van der Waals surface area contributed by atoms with Crippen molar-refractivity contribution >= 4 is 23.4 Å². The number of aryl methyl sites for hydroxylation is 1. The van der Waals surface area contributed by atoms with E-state index in [1.807, 2.05) is 84.4 Å². The number of anilines is 1. The van der Waals surface area contributed by atoms with Gasteiger partial charge in [-0.25, -0.2) is 0 Å². The smallest absolute Gasteiger partial charge is 0.234 e. The van der Waals surface area contributed by atoms with Crippen LogP contribution in [0.3, 0.4) is 0 Å². The molecule has 1 N–H and O–H groups in total. The first-order valence-electron chi connectivity index (χ1n) is 9.66. The molecule has 1 aromatic heterocycles. The van der Waals surface area contributed by atoms with Crippen molar-refractivity contribution in [3.8, 4) is 22.5 Å². The number of nitrogens with one attached hydrogen (secondary N) is 1. The van der Waals surface area contributed by atoms with E-state index < -0.39 is 0 Å². The second kappa shape index (κ2) is 8.97. The molecule has 1 amide bonds. The normalized spacial score (nSPS) is 10.7. The molecule has 0 saturated carbocycles. The summed E-state index contributed by atoms with van der Waals surface area (Å²) in [5.41, 5.74) is 5.04. The van der Waals surface area contributed by atoms with Crippen LogP contribution in [0.2, 0.25) is 0 Å². The number of carbonyl (C=O) groups excluding carboxylic acids is 1. The number of carbonyl (C=O) groups is 1. The number of rotatable bonds is 6. The van der Waals surface area contributed by atoms with Crippen LogP contribution in [0.1, 0.15) is 5.56 Å². The third-order valence-electron chi connectivity index (χ3n) is 4.84. The summed E-state index contributed by atoms with van der Waals surface area (Å²) in [7, 11) is 1.92. The minimum atomic E-state index is -0.0798. The Morgan fingerprint density at radius 3 is 2.33 bits per heavy atom. The monoisotopic (exact) mass is 414 g/mol. The standard InChI is InChI=1S/C24H22N4OS/c1-17-10-6-7-13-19(17)23-26-27-24(28(23)2)30-16-22(29)25-21-15-9-8-14-20(21)18-11-4-3-5-12-18/h3-15H,16H2,1-2H3,(H,25,29). The Labute approximate surface area is 180 Å². The number of para-hydroxylation sites is 1. The fourth-order valence-corrected chi connectivity index (χ4v) is 3.99. The van der Waals surface area contributed by atoms with E-state index >= 15 is 0 Å². The number of amides is 1. The van der Waals surface area contributed by atoms with Gasteiger partial charge in [0.1, 0.15) is 0 Å². The molecule has 1 heterocycles. The summed E-state index contributed by atoms with van der Waals surface area (Å²) in [5, 5.41) is 12.3. The van der Waals surface area contributed by atoms with Gasteiger partial charge in [-0.15, -0.1) is 10.2 Å². The molecular formula is C24H22N4OS. The maximum Gasteiger partial charge on any atom is 0.234 e. The van der Waals surface area contributed by atoms with Crippen molar-refractivity contribution in [3.05, 3.63) is 84.4 Å². The van der Waals surface area contributed by atoms with E-state index in [1.165, 1.54) is 11.8 Å². The first kappa shape index (κ1) is 19.9. The minimum absolute atomic E-state index is 0.0798. The van der Waals surface area contributed by atoms with Crippen molar-refractivity contribution in [1.82, 2.24) is 14.8 Å². The van der Waals surface area contributed by atoms with Gasteiger partial charge in [0.15, 0.2) is 11.0 Å². The van der Waals surface area contributed by atoms with E-state index in [4.69, 9.17) is 0 Å². The van der Waals surface area contributed by atoms with Gasteiger partial charge in [-0.2, -0.15) is 0 Å². The SMILES string of the molecule is Cc1ccccc1-c1nnc(SCC(=O)Nc2ccccc2-c2ccccc2)n1C. The molecule has 6 heteroatoms. The summed E-state index contributed by atoms with van der Waals surface area (Å²) in [6.45, 7) is 2.05. The van der Waals surface area contributed by atoms with Crippen LogP contribution in [0.5, 0.6) is 0 Å². The molecule has 4 rings (SSSR count). The molecule has 5 nitrogen and oxygen atoms in total. The Hall–Kier alpha value is -3.38. The van der Waals surface area contributed by atoms with E-state index in [0.29, 0.717) is 5.16 Å².